The summed E-state index contributed by atoms with van der Waals surface area (Å²) in [5.74, 6) is 0. The first-order valence-electron chi connectivity index (χ1n) is 6.12. The Labute approximate surface area is 135 Å². The Balaban J connectivity index is 2.15. The summed E-state index contributed by atoms with van der Waals surface area (Å²) in [7, 11) is 0. The molecule has 0 bridgehead atoms. The van der Waals surface area contributed by atoms with Gasteiger partial charge >= 0.3 is 0 Å². The van der Waals surface area contributed by atoms with Crippen molar-refractivity contribution in [1.82, 2.24) is 5.32 Å². The Morgan fingerprint density at radius 3 is 2.42 bits per heavy atom. The second-order valence-corrected chi connectivity index (χ2v) is 6.87. The number of nitrogens with one attached hydrogen (secondary N) is 1. The molecule has 0 unspecified atom stereocenters. The Hall–Kier alpha value is -0.290. The summed E-state index contributed by atoms with van der Waals surface area (Å²) < 4.78 is 2.27. The van der Waals surface area contributed by atoms with Crippen molar-refractivity contribution in [2.75, 3.05) is 6.54 Å². The quantitative estimate of drug-likeness (QED) is 0.713. The summed E-state index contributed by atoms with van der Waals surface area (Å²) in [5, 5.41) is 3.33. The molecular formula is C15H15Br2NS. The molecule has 0 heterocycles. The van der Waals surface area contributed by atoms with Crippen LogP contribution < -0.4 is 5.32 Å². The number of hydrogen-bond acceptors (Lipinski definition) is 2. The maximum absolute atomic E-state index is 3.66. The molecule has 0 saturated carbocycles. The van der Waals surface area contributed by atoms with E-state index < -0.39 is 0 Å². The minimum absolute atomic E-state index is 0.912. The van der Waals surface area contributed by atoms with E-state index in [0.717, 1.165) is 22.0 Å². The smallest absolute Gasteiger partial charge is 0.0318 e. The Kier molecular flexibility index (Phi) is 5.95. The van der Waals surface area contributed by atoms with E-state index in [1.54, 1.807) is 11.8 Å². The van der Waals surface area contributed by atoms with Gasteiger partial charge in [0.15, 0.2) is 0 Å². The predicted molar refractivity (Wildman–Crippen MR) is 89.8 cm³/mol. The molecule has 0 aromatic heterocycles. The summed E-state index contributed by atoms with van der Waals surface area (Å²) in [6, 6.07) is 14.8. The van der Waals surface area contributed by atoms with Crippen molar-refractivity contribution in [3.05, 3.63) is 57.0 Å². The lowest BCUT2D eigenvalue weighted by atomic mass is 10.2. The fourth-order valence-corrected chi connectivity index (χ4v) is 3.69. The monoisotopic (exact) mass is 399 g/mol. The first-order chi connectivity index (χ1) is 9.20. The average molecular weight is 401 g/mol. The van der Waals surface area contributed by atoms with Crippen LogP contribution in [-0.2, 0) is 6.54 Å². The van der Waals surface area contributed by atoms with Gasteiger partial charge in [0.1, 0.15) is 0 Å². The number of rotatable bonds is 5. The molecule has 2 aromatic carbocycles. The summed E-state index contributed by atoms with van der Waals surface area (Å²) in [4.78, 5) is 2.45. The minimum atomic E-state index is 0.912. The van der Waals surface area contributed by atoms with Crippen LogP contribution in [0.25, 0.3) is 0 Å². The van der Waals surface area contributed by atoms with Crippen molar-refractivity contribution in [3.8, 4) is 0 Å². The zero-order chi connectivity index (χ0) is 13.7. The minimum Gasteiger partial charge on any atom is -0.313 e. The maximum atomic E-state index is 3.66. The van der Waals surface area contributed by atoms with Crippen molar-refractivity contribution in [1.29, 1.82) is 0 Å². The van der Waals surface area contributed by atoms with E-state index >= 15 is 0 Å². The van der Waals surface area contributed by atoms with Gasteiger partial charge in [0.05, 0.1) is 0 Å². The molecule has 2 rings (SSSR count). The Bertz CT molecular complexity index is 558. The van der Waals surface area contributed by atoms with Crippen molar-refractivity contribution >= 4 is 43.6 Å². The van der Waals surface area contributed by atoms with Crippen LogP contribution >= 0.6 is 43.6 Å². The summed E-state index contributed by atoms with van der Waals surface area (Å²) >= 11 is 9.00. The van der Waals surface area contributed by atoms with E-state index in [1.807, 2.05) is 6.07 Å². The largest absolute Gasteiger partial charge is 0.313 e. The number of benzene rings is 2. The molecule has 0 spiro atoms. The number of halogens is 2. The van der Waals surface area contributed by atoms with Gasteiger partial charge in [-0.1, -0.05) is 36.9 Å². The van der Waals surface area contributed by atoms with E-state index in [-0.39, 0.29) is 0 Å². The fourth-order valence-electron chi connectivity index (χ4n) is 1.65. The van der Waals surface area contributed by atoms with Gasteiger partial charge in [0.2, 0.25) is 0 Å². The topological polar surface area (TPSA) is 12.0 Å². The highest BCUT2D eigenvalue weighted by atomic mass is 79.9. The van der Waals surface area contributed by atoms with Crippen LogP contribution in [0.2, 0.25) is 0 Å². The van der Waals surface area contributed by atoms with Gasteiger partial charge in [-0.05, 0) is 68.2 Å². The maximum Gasteiger partial charge on any atom is 0.0318 e. The molecule has 0 saturated heterocycles. The van der Waals surface area contributed by atoms with Crippen LogP contribution in [0.15, 0.2) is 61.2 Å². The molecule has 100 valence electrons. The van der Waals surface area contributed by atoms with Crippen molar-refractivity contribution in [3.63, 3.8) is 0 Å². The van der Waals surface area contributed by atoms with Crippen LogP contribution in [0.3, 0.4) is 0 Å². The highest BCUT2D eigenvalue weighted by Gasteiger charge is 2.06. The molecule has 0 radical (unpaired) electrons. The van der Waals surface area contributed by atoms with E-state index in [4.69, 9.17) is 0 Å². The van der Waals surface area contributed by atoms with Gasteiger partial charge in [-0.15, -0.1) is 0 Å². The van der Waals surface area contributed by atoms with Gasteiger partial charge in [-0.2, -0.15) is 0 Å². The molecule has 0 aliphatic heterocycles. The molecule has 19 heavy (non-hydrogen) atoms. The summed E-state index contributed by atoms with van der Waals surface area (Å²) in [6.45, 7) is 4.02. The molecule has 1 nitrogen and oxygen atoms in total. The third-order valence-electron chi connectivity index (χ3n) is 2.63. The zero-order valence-corrected chi connectivity index (χ0v) is 14.6. The fraction of sp³-hybridized carbons (Fsp3) is 0.200. The summed E-state index contributed by atoms with van der Waals surface area (Å²) in [5.41, 5.74) is 1.30. The van der Waals surface area contributed by atoms with Crippen LogP contribution in [-0.4, -0.2) is 6.54 Å². The first kappa shape index (κ1) is 15.1. The second-order valence-electron chi connectivity index (χ2n) is 4.08. The SMILES string of the molecule is CCNCc1ccc(Sc2ccccc2Br)c(Br)c1. The van der Waals surface area contributed by atoms with Crippen molar-refractivity contribution in [2.24, 2.45) is 0 Å². The standard InChI is InChI=1S/C15H15Br2NS/c1-2-18-10-11-7-8-15(13(17)9-11)19-14-6-4-3-5-12(14)16/h3-9,18H,2,10H2,1H3. The van der Waals surface area contributed by atoms with E-state index in [9.17, 15) is 0 Å². The normalized spacial score (nSPS) is 10.7. The molecule has 0 aliphatic rings. The molecule has 0 amide bonds. The van der Waals surface area contributed by atoms with Gasteiger partial charge in [-0.25, -0.2) is 0 Å². The third kappa shape index (κ3) is 4.35. The van der Waals surface area contributed by atoms with Crippen molar-refractivity contribution < 1.29 is 0 Å². The third-order valence-corrected chi connectivity index (χ3v) is 5.66. The van der Waals surface area contributed by atoms with Gasteiger partial charge < -0.3 is 5.32 Å². The molecule has 2 aromatic rings. The van der Waals surface area contributed by atoms with Crippen LogP contribution in [0.5, 0.6) is 0 Å². The summed E-state index contributed by atoms with van der Waals surface area (Å²) in [6.07, 6.45) is 0. The second kappa shape index (κ2) is 7.48. The Morgan fingerprint density at radius 2 is 1.74 bits per heavy atom. The molecule has 0 fully saturated rings. The van der Waals surface area contributed by atoms with Crippen LogP contribution in [0, 0.1) is 0 Å². The lowest BCUT2D eigenvalue weighted by molar-refractivity contribution is 0.726. The molecule has 0 atom stereocenters. The molecular weight excluding hydrogens is 386 g/mol. The number of hydrogen-bond donors (Lipinski definition) is 1. The van der Waals surface area contributed by atoms with Gasteiger partial charge in [-0.3, -0.25) is 0 Å². The first-order valence-corrected chi connectivity index (χ1v) is 8.52. The average Bonchev–Trinajstić information content (AvgIpc) is 2.41. The molecule has 0 aliphatic carbocycles. The molecule has 1 N–H and O–H groups in total. The highest BCUT2D eigenvalue weighted by Crippen LogP contribution is 2.37. The van der Waals surface area contributed by atoms with Gasteiger partial charge in [0, 0.05) is 25.3 Å². The van der Waals surface area contributed by atoms with Crippen LogP contribution in [0.1, 0.15) is 12.5 Å². The van der Waals surface area contributed by atoms with Crippen molar-refractivity contribution in [2.45, 2.75) is 23.3 Å². The van der Waals surface area contributed by atoms with E-state index in [1.165, 1.54) is 15.4 Å². The van der Waals surface area contributed by atoms with Gasteiger partial charge in [0.25, 0.3) is 0 Å². The zero-order valence-electron chi connectivity index (χ0n) is 10.6. The van der Waals surface area contributed by atoms with Crippen LogP contribution in [0.4, 0.5) is 0 Å². The lowest BCUT2D eigenvalue weighted by Crippen LogP contribution is -2.11. The Morgan fingerprint density at radius 1 is 1.00 bits per heavy atom. The van der Waals surface area contributed by atoms with E-state index in [2.05, 4.69) is 80.5 Å². The molecule has 4 heteroatoms. The lowest BCUT2D eigenvalue weighted by Gasteiger charge is -2.09. The predicted octanol–water partition coefficient (Wildman–Crippen LogP) is 5.47. The highest BCUT2D eigenvalue weighted by molar-refractivity contribution is 9.11. The van der Waals surface area contributed by atoms with E-state index in [0.29, 0.717) is 0 Å².